The van der Waals surface area contributed by atoms with Crippen molar-refractivity contribution < 1.29 is 9.59 Å². The zero-order valence-corrected chi connectivity index (χ0v) is 12.7. The molecule has 1 heterocycles. The molecule has 4 heteroatoms. The van der Waals surface area contributed by atoms with Gasteiger partial charge in [-0.2, -0.15) is 0 Å². The van der Waals surface area contributed by atoms with Gasteiger partial charge in [0.05, 0.1) is 12.1 Å². The first-order valence-electron chi connectivity index (χ1n) is 7.32. The van der Waals surface area contributed by atoms with Crippen molar-refractivity contribution >= 4 is 23.2 Å². The summed E-state index contributed by atoms with van der Waals surface area (Å²) >= 11 is 0. The highest BCUT2D eigenvalue weighted by Gasteiger charge is 2.40. The van der Waals surface area contributed by atoms with Crippen LogP contribution in [0, 0.1) is 13.8 Å². The van der Waals surface area contributed by atoms with E-state index < -0.39 is 6.04 Å². The highest BCUT2D eigenvalue weighted by atomic mass is 16.2. The number of hydrogen-bond donors (Lipinski definition) is 1. The number of hydrogen-bond acceptors (Lipinski definition) is 3. The second-order valence-corrected chi connectivity index (χ2v) is 5.57. The number of nitrogens with zero attached hydrogens (tertiary/aromatic N) is 1. The Hall–Kier alpha value is -2.62. The van der Waals surface area contributed by atoms with Crippen LogP contribution < -0.4 is 10.2 Å². The van der Waals surface area contributed by atoms with E-state index in [1.54, 1.807) is 6.07 Å². The Morgan fingerprint density at radius 3 is 2.27 bits per heavy atom. The van der Waals surface area contributed by atoms with Gasteiger partial charge < -0.3 is 5.32 Å². The fourth-order valence-corrected chi connectivity index (χ4v) is 2.73. The van der Waals surface area contributed by atoms with Crippen LogP contribution in [0.25, 0.3) is 0 Å². The third-order valence-electron chi connectivity index (χ3n) is 3.98. The lowest BCUT2D eigenvalue weighted by Crippen LogP contribution is -2.35. The van der Waals surface area contributed by atoms with E-state index in [2.05, 4.69) is 5.32 Å². The Balaban J connectivity index is 1.86. The number of carbonyl (C=O) groups is 2. The van der Waals surface area contributed by atoms with Gasteiger partial charge in [-0.1, -0.05) is 36.4 Å². The lowest BCUT2D eigenvalue weighted by atomic mass is 10.1. The summed E-state index contributed by atoms with van der Waals surface area (Å²) < 4.78 is 0. The minimum Gasteiger partial charge on any atom is -0.373 e. The predicted octanol–water partition coefficient (Wildman–Crippen LogP) is 3.05. The van der Waals surface area contributed by atoms with Crippen molar-refractivity contribution in [1.29, 1.82) is 0 Å². The average molecular weight is 294 g/mol. The Labute approximate surface area is 129 Å². The number of rotatable bonds is 3. The van der Waals surface area contributed by atoms with Gasteiger partial charge in [-0.15, -0.1) is 0 Å². The molecular weight excluding hydrogens is 276 g/mol. The highest BCUT2D eigenvalue weighted by molar-refractivity contribution is 6.23. The monoisotopic (exact) mass is 294 g/mol. The molecule has 1 saturated heterocycles. The molecular formula is C18H18N2O2. The van der Waals surface area contributed by atoms with Gasteiger partial charge in [0, 0.05) is 5.69 Å². The minimum atomic E-state index is -0.506. The summed E-state index contributed by atoms with van der Waals surface area (Å²) in [5, 5.41) is 3.20. The summed E-state index contributed by atoms with van der Waals surface area (Å²) in [4.78, 5) is 26.2. The fourth-order valence-electron chi connectivity index (χ4n) is 2.73. The number of anilines is 2. The van der Waals surface area contributed by atoms with Crippen LogP contribution in [-0.4, -0.2) is 17.9 Å². The first kappa shape index (κ1) is 14.3. The van der Waals surface area contributed by atoms with Crippen molar-refractivity contribution in [3.8, 4) is 0 Å². The normalized spacial score (nSPS) is 17.9. The zero-order valence-electron chi connectivity index (χ0n) is 12.7. The largest absolute Gasteiger partial charge is 0.373 e. The van der Waals surface area contributed by atoms with Crippen LogP contribution in [0.1, 0.15) is 17.5 Å². The smallest absolute Gasteiger partial charge is 0.256 e. The van der Waals surface area contributed by atoms with Crippen molar-refractivity contribution in [2.24, 2.45) is 0 Å². The number of aryl methyl sites for hydroxylation is 2. The van der Waals surface area contributed by atoms with E-state index in [0.717, 1.165) is 16.8 Å². The van der Waals surface area contributed by atoms with Gasteiger partial charge >= 0.3 is 0 Å². The van der Waals surface area contributed by atoms with Crippen LogP contribution >= 0.6 is 0 Å². The number of imide groups is 1. The first-order valence-corrected chi connectivity index (χ1v) is 7.32. The second-order valence-electron chi connectivity index (χ2n) is 5.57. The summed E-state index contributed by atoms with van der Waals surface area (Å²) in [7, 11) is 0. The molecule has 0 aromatic heterocycles. The van der Waals surface area contributed by atoms with Crippen LogP contribution in [-0.2, 0) is 9.59 Å². The summed E-state index contributed by atoms with van der Waals surface area (Å²) in [5.74, 6) is -0.354. The molecule has 0 saturated carbocycles. The van der Waals surface area contributed by atoms with E-state index >= 15 is 0 Å². The molecule has 1 fully saturated rings. The molecule has 0 aliphatic carbocycles. The average Bonchev–Trinajstić information content (AvgIpc) is 2.77. The first-order chi connectivity index (χ1) is 10.6. The van der Waals surface area contributed by atoms with Crippen molar-refractivity contribution in [1.82, 2.24) is 0 Å². The predicted molar refractivity (Wildman–Crippen MR) is 86.9 cm³/mol. The molecule has 1 aliphatic rings. The quantitative estimate of drug-likeness (QED) is 0.885. The molecule has 112 valence electrons. The number of amides is 2. The molecule has 1 N–H and O–H groups in total. The summed E-state index contributed by atoms with van der Waals surface area (Å²) in [6.07, 6.45) is 0.182. The van der Waals surface area contributed by atoms with Gasteiger partial charge in [0.1, 0.15) is 6.04 Å². The van der Waals surface area contributed by atoms with Crippen LogP contribution in [0.15, 0.2) is 48.5 Å². The Morgan fingerprint density at radius 1 is 0.955 bits per heavy atom. The van der Waals surface area contributed by atoms with E-state index in [0.29, 0.717) is 5.69 Å². The molecule has 2 amide bonds. The van der Waals surface area contributed by atoms with E-state index in [4.69, 9.17) is 0 Å². The molecule has 0 radical (unpaired) electrons. The zero-order chi connectivity index (χ0) is 15.7. The number of carbonyl (C=O) groups excluding carboxylic acids is 2. The maximum atomic E-state index is 12.6. The van der Waals surface area contributed by atoms with E-state index in [-0.39, 0.29) is 18.2 Å². The molecule has 22 heavy (non-hydrogen) atoms. The van der Waals surface area contributed by atoms with E-state index in [9.17, 15) is 9.59 Å². The summed E-state index contributed by atoms with van der Waals surface area (Å²) in [5.41, 5.74) is 3.53. The molecule has 1 aliphatic heterocycles. The molecule has 0 spiro atoms. The lowest BCUT2D eigenvalue weighted by molar-refractivity contribution is -0.121. The number of para-hydroxylation sites is 2. The minimum absolute atomic E-state index is 0.162. The van der Waals surface area contributed by atoms with Gasteiger partial charge in [-0.25, -0.2) is 4.90 Å². The van der Waals surface area contributed by atoms with Gasteiger partial charge in [-0.3, -0.25) is 9.59 Å². The van der Waals surface area contributed by atoms with Gasteiger partial charge in [-0.05, 0) is 37.1 Å². The molecule has 1 atom stereocenters. The Bertz CT molecular complexity index is 739. The van der Waals surface area contributed by atoms with E-state index in [1.807, 2.05) is 56.3 Å². The standard InChI is InChI=1S/C18H18N2O2/c1-12-7-3-5-9-14(12)19-15-11-17(21)20(18(15)22)16-10-6-4-8-13(16)2/h3-10,15,19H,11H2,1-2H3. The van der Waals surface area contributed by atoms with Crippen LogP contribution in [0.3, 0.4) is 0 Å². The highest BCUT2D eigenvalue weighted by Crippen LogP contribution is 2.28. The van der Waals surface area contributed by atoms with Crippen molar-refractivity contribution in [2.45, 2.75) is 26.3 Å². The fraction of sp³-hybridized carbons (Fsp3) is 0.222. The Morgan fingerprint density at radius 2 is 1.59 bits per heavy atom. The molecule has 1 unspecified atom stereocenters. The lowest BCUT2D eigenvalue weighted by Gasteiger charge is -2.18. The van der Waals surface area contributed by atoms with Gasteiger partial charge in [0.2, 0.25) is 5.91 Å². The topological polar surface area (TPSA) is 49.4 Å². The van der Waals surface area contributed by atoms with Crippen molar-refractivity contribution in [2.75, 3.05) is 10.2 Å². The molecule has 3 rings (SSSR count). The van der Waals surface area contributed by atoms with Crippen LogP contribution in [0.5, 0.6) is 0 Å². The third kappa shape index (κ3) is 2.48. The maximum Gasteiger partial charge on any atom is 0.256 e. The second kappa shape index (κ2) is 5.64. The molecule has 0 bridgehead atoms. The maximum absolute atomic E-state index is 12.6. The molecule has 4 nitrogen and oxygen atoms in total. The van der Waals surface area contributed by atoms with Gasteiger partial charge in [0.15, 0.2) is 0 Å². The summed E-state index contributed by atoms with van der Waals surface area (Å²) in [6.45, 7) is 3.88. The SMILES string of the molecule is Cc1ccccc1NC1CC(=O)N(c2ccccc2C)C1=O. The van der Waals surface area contributed by atoms with Crippen LogP contribution in [0.2, 0.25) is 0 Å². The Kier molecular flexibility index (Phi) is 3.67. The third-order valence-corrected chi connectivity index (χ3v) is 3.98. The van der Waals surface area contributed by atoms with E-state index in [1.165, 1.54) is 4.90 Å². The number of nitrogens with one attached hydrogen (secondary N) is 1. The molecule has 2 aromatic carbocycles. The summed E-state index contributed by atoms with van der Waals surface area (Å²) in [6, 6.07) is 14.7. The molecule has 2 aromatic rings. The van der Waals surface area contributed by atoms with Crippen molar-refractivity contribution in [3.63, 3.8) is 0 Å². The van der Waals surface area contributed by atoms with Crippen molar-refractivity contribution in [3.05, 3.63) is 59.7 Å². The number of benzene rings is 2. The van der Waals surface area contributed by atoms with Crippen LogP contribution in [0.4, 0.5) is 11.4 Å². The van der Waals surface area contributed by atoms with Gasteiger partial charge in [0.25, 0.3) is 5.91 Å².